The predicted octanol–water partition coefficient (Wildman–Crippen LogP) is 3.62. The van der Waals surface area contributed by atoms with E-state index in [2.05, 4.69) is 10.4 Å². The number of carbonyl (C=O) groups excluding carboxylic acids is 1. The SMILES string of the molecule is Cc1cccc2nn(C[C@](C)(O)C(=O)Nc3ccc(C#N)c(C(F)(F)F)c3)cc12. The Labute approximate surface area is 164 Å². The van der Waals surface area contributed by atoms with E-state index in [0.717, 1.165) is 17.0 Å². The molecule has 9 heteroatoms. The number of nitrogens with zero attached hydrogens (tertiary/aromatic N) is 3. The average Bonchev–Trinajstić information content (AvgIpc) is 3.04. The summed E-state index contributed by atoms with van der Waals surface area (Å²) >= 11 is 0. The van der Waals surface area contributed by atoms with Gasteiger partial charge in [-0.15, -0.1) is 0 Å². The molecule has 150 valence electrons. The third-order valence-electron chi connectivity index (χ3n) is 4.48. The molecule has 2 N–H and O–H groups in total. The molecule has 0 bridgehead atoms. The van der Waals surface area contributed by atoms with E-state index < -0.39 is 28.8 Å². The quantitative estimate of drug-likeness (QED) is 0.697. The summed E-state index contributed by atoms with van der Waals surface area (Å²) in [6.45, 7) is 2.95. The highest BCUT2D eigenvalue weighted by Gasteiger charge is 2.35. The van der Waals surface area contributed by atoms with Gasteiger partial charge in [-0.25, -0.2) is 0 Å². The van der Waals surface area contributed by atoms with E-state index in [0.29, 0.717) is 11.6 Å². The third-order valence-corrected chi connectivity index (χ3v) is 4.48. The van der Waals surface area contributed by atoms with Crippen LogP contribution in [0.5, 0.6) is 0 Å². The molecule has 3 rings (SSSR count). The second kappa shape index (κ2) is 7.22. The number of fused-ring (bicyclic) bond motifs is 1. The van der Waals surface area contributed by atoms with Crippen LogP contribution in [0.3, 0.4) is 0 Å². The number of nitrogens with one attached hydrogen (secondary N) is 1. The molecule has 29 heavy (non-hydrogen) atoms. The van der Waals surface area contributed by atoms with Crippen molar-refractivity contribution in [3.05, 3.63) is 59.3 Å². The summed E-state index contributed by atoms with van der Waals surface area (Å²) in [4.78, 5) is 12.5. The smallest absolute Gasteiger partial charge is 0.378 e. The maximum absolute atomic E-state index is 13.1. The summed E-state index contributed by atoms with van der Waals surface area (Å²) < 4.78 is 40.7. The van der Waals surface area contributed by atoms with Crippen molar-refractivity contribution in [2.75, 3.05) is 5.32 Å². The predicted molar refractivity (Wildman–Crippen MR) is 99.9 cm³/mol. The van der Waals surface area contributed by atoms with Gasteiger partial charge in [-0.1, -0.05) is 12.1 Å². The fourth-order valence-electron chi connectivity index (χ4n) is 2.92. The third kappa shape index (κ3) is 4.22. The van der Waals surface area contributed by atoms with Crippen LogP contribution in [0.1, 0.15) is 23.6 Å². The highest BCUT2D eigenvalue weighted by Crippen LogP contribution is 2.33. The Hall–Kier alpha value is -3.38. The van der Waals surface area contributed by atoms with Crippen molar-refractivity contribution in [3.63, 3.8) is 0 Å². The summed E-state index contributed by atoms with van der Waals surface area (Å²) in [6, 6.07) is 9.81. The number of alkyl halides is 3. The minimum atomic E-state index is -4.75. The van der Waals surface area contributed by atoms with Crippen molar-refractivity contribution in [2.24, 2.45) is 0 Å². The standard InChI is InChI=1S/C20H17F3N4O2/c1-12-4-3-5-17-15(12)10-27(26-17)11-19(2,29)18(28)25-14-7-6-13(9-24)16(8-14)20(21,22)23/h3-8,10,29H,11H2,1-2H3,(H,25,28)/t19-/m0/s1. The van der Waals surface area contributed by atoms with Crippen LogP contribution in [0.4, 0.5) is 18.9 Å². The van der Waals surface area contributed by atoms with E-state index in [4.69, 9.17) is 5.26 Å². The number of aliphatic hydroxyl groups is 1. The minimum Gasteiger partial charge on any atom is -0.378 e. The van der Waals surface area contributed by atoms with Gasteiger partial charge in [0.1, 0.15) is 0 Å². The number of anilines is 1. The largest absolute Gasteiger partial charge is 0.417 e. The number of hydrogen-bond acceptors (Lipinski definition) is 4. The summed E-state index contributed by atoms with van der Waals surface area (Å²) in [5, 5.41) is 26.9. The Balaban J connectivity index is 1.82. The molecule has 0 spiro atoms. The van der Waals surface area contributed by atoms with Gasteiger partial charge in [0.05, 0.1) is 29.3 Å². The first-order chi connectivity index (χ1) is 13.5. The topological polar surface area (TPSA) is 90.9 Å². The van der Waals surface area contributed by atoms with Gasteiger partial charge in [0.25, 0.3) is 5.91 Å². The molecular formula is C20H17F3N4O2. The zero-order chi connectivity index (χ0) is 21.4. The molecule has 1 amide bonds. The molecule has 1 atom stereocenters. The second-order valence-electron chi connectivity index (χ2n) is 6.93. The molecule has 0 aliphatic carbocycles. The maximum Gasteiger partial charge on any atom is 0.417 e. The molecule has 2 aromatic carbocycles. The number of aryl methyl sites for hydroxylation is 1. The molecule has 0 saturated heterocycles. The van der Waals surface area contributed by atoms with Gasteiger partial charge >= 0.3 is 6.18 Å². The lowest BCUT2D eigenvalue weighted by atomic mass is 10.0. The first kappa shape index (κ1) is 20.4. The van der Waals surface area contributed by atoms with Gasteiger partial charge in [-0.3, -0.25) is 9.48 Å². The number of halogens is 3. The van der Waals surface area contributed by atoms with Crippen molar-refractivity contribution < 1.29 is 23.1 Å². The van der Waals surface area contributed by atoms with E-state index >= 15 is 0 Å². The first-order valence-corrected chi connectivity index (χ1v) is 8.59. The van der Waals surface area contributed by atoms with Gasteiger partial charge in [0.2, 0.25) is 0 Å². The first-order valence-electron chi connectivity index (χ1n) is 8.59. The number of nitriles is 1. The Morgan fingerprint density at radius 3 is 2.66 bits per heavy atom. The van der Waals surface area contributed by atoms with Gasteiger partial charge in [-0.2, -0.15) is 23.5 Å². The van der Waals surface area contributed by atoms with Crippen molar-refractivity contribution in [2.45, 2.75) is 32.2 Å². The van der Waals surface area contributed by atoms with Crippen molar-refractivity contribution >= 4 is 22.5 Å². The highest BCUT2D eigenvalue weighted by atomic mass is 19.4. The van der Waals surface area contributed by atoms with Crippen molar-refractivity contribution in [1.82, 2.24) is 9.78 Å². The van der Waals surface area contributed by atoms with Crippen molar-refractivity contribution in [3.8, 4) is 6.07 Å². The van der Waals surface area contributed by atoms with Crippen LogP contribution in [0.25, 0.3) is 10.9 Å². The van der Waals surface area contributed by atoms with Crippen LogP contribution in [0.2, 0.25) is 0 Å². The normalized spacial score (nSPS) is 13.7. The van der Waals surface area contributed by atoms with Crippen LogP contribution >= 0.6 is 0 Å². The average molecular weight is 402 g/mol. The minimum absolute atomic E-state index is 0.178. The Kier molecular flexibility index (Phi) is 5.07. The van der Waals surface area contributed by atoms with E-state index in [1.807, 2.05) is 19.1 Å². The van der Waals surface area contributed by atoms with Crippen LogP contribution in [0.15, 0.2) is 42.6 Å². The molecular weight excluding hydrogens is 385 g/mol. The molecule has 0 unspecified atom stereocenters. The van der Waals surface area contributed by atoms with Crippen LogP contribution in [0, 0.1) is 18.3 Å². The number of rotatable bonds is 4. The van der Waals surface area contributed by atoms with Gasteiger partial charge in [-0.05, 0) is 43.7 Å². The number of carbonyl (C=O) groups is 1. The molecule has 0 aliphatic heterocycles. The summed E-state index contributed by atoms with van der Waals surface area (Å²) in [6.07, 6.45) is -3.06. The summed E-state index contributed by atoms with van der Waals surface area (Å²) in [7, 11) is 0. The van der Waals surface area contributed by atoms with Crippen LogP contribution in [-0.4, -0.2) is 26.4 Å². The van der Waals surface area contributed by atoms with E-state index in [1.54, 1.807) is 12.3 Å². The maximum atomic E-state index is 13.1. The number of benzene rings is 2. The Bertz CT molecular complexity index is 1130. The lowest BCUT2D eigenvalue weighted by molar-refractivity contribution is -0.138. The molecule has 1 aromatic heterocycles. The highest BCUT2D eigenvalue weighted by molar-refractivity contribution is 5.97. The Morgan fingerprint density at radius 1 is 1.31 bits per heavy atom. The number of amides is 1. The van der Waals surface area contributed by atoms with Gasteiger partial charge < -0.3 is 10.4 Å². The molecule has 0 aliphatic rings. The van der Waals surface area contributed by atoms with Gasteiger partial charge in [0, 0.05) is 17.3 Å². The Morgan fingerprint density at radius 2 is 2.03 bits per heavy atom. The summed E-state index contributed by atoms with van der Waals surface area (Å²) in [5.41, 5.74) is -2.16. The van der Waals surface area contributed by atoms with E-state index in [-0.39, 0.29) is 12.2 Å². The lowest BCUT2D eigenvalue weighted by Gasteiger charge is -2.22. The second-order valence-corrected chi connectivity index (χ2v) is 6.93. The van der Waals surface area contributed by atoms with E-state index in [9.17, 15) is 23.1 Å². The summed E-state index contributed by atoms with van der Waals surface area (Å²) in [5.74, 6) is -0.897. The molecule has 1 heterocycles. The van der Waals surface area contributed by atoms with Crippen molar-refractivity contribution in [1.29, 1.82) is 5.26 Å². The zero-order valence-corrected chi connectivity index (χ0v) is 15.6. The molecule has 0 saturated carbocycles. The number of hydrogen-bond donors (Lipinski definition) is 2. The van der Waals surface area contributed by atoms with Gasteiger partial charge in [0.15, 0.2) is 5.60 Å². The fourth-order valence-corrected chi connectivity index (χ4v) is 2.92. The van der Waals surface area contributed by atoms with Crippen LogP contribution in [-0.2, 0) is 17.5 Å². The van der Waals surface area contributed by atoms with E-state index in [1.165, 1.54) is 23.7 Å². The molecule has 3 aromatic rings. The lowest BCUT2D eigenvalue weighted by Crippen LogP contribution is -2.43. The molecule has 0 radical (unpaired) electrons. The number of aromatic nitrogens is 2. The fraction of sp³-hybridized carbons (Fsp3) is 0.250. The van der Waals surface area contributed by atoms with Crippen LogP contribution < -0.4 is 5.32 Å². The monoisotopic (exact) mass is 402 g/mol. The molecule has 0 fully saturated rings. The molecule has 6 nitrogen and oxygen atoms in total. The zero-order valence-electron chi connectivity index (χ0n) is 15.6.